The highest BCUT2D eigenvalue weighted by Gasteiger charge is 2.13. The second kappa shape index (κ2) is 11.7. The zero-order valence-corrected chi connectivity index (χ0v) is 18.0. The Morgan fingerprint density at radius 2 is 1.69 bits per heavy atom. The zero-order valence-electron chi connectivity index (χ0n) is 18.0. The van der Waals surface area contributed by atoms with Crippen molar-refractivity contribution in [2.45, 2.75) is 53.2 Å². The Labute approximate surface area is 173 Å². The van der Waals surface area contributed by atoms with Crippen LogP contribution in [0.2, 0.25) is 0 Å². The fourth-order valence-corrected chi connectivity index (χ4v) is 2.35. The molecule has 8 nitrogen and oxygen atoms in total. The summed E-state index contributed by atoms with van der Waals surface area (Å²) in [7, 11) is 0. The molecule has 4 N–H and O–H groups in total. The second-order valence-corrected chi connectivity index (χ2v) is 7.34. The number of carbonyl (C=O) groups excluding carboxylic acids is 2. The van der Waals surface area contributed by atoms with Crippen LogP contribution in [0.1, 0.15) is 40.2 Å². The highest BCUT2D eigenvalue weighted by molar-refractivity contribution is 5.91. The smallest absolute Gasteiger partial charge is 0.333 e. The summed E-state index contributed by atoms with van der Waals surface area (Å²) in [6.45, 7) is 14.0. The number of amides is 2. The summed E-state index contributed by atoms with van der Waals surface area (Å²) in [5, 5.41) is 6.58. The van der Waals surface area contributed by atoms with Crippen molar-refractivity contribution < 1.29 is 14.3 Å². The van der Waals surface area contributed by atoms with Gasteiger partial charge >= 0.3 is 12.0 Å². The third kappa shape index (κ3) is 9.14. The number of hydrogen-bond donors (Lipinski definition) is 3. The third-order valence-electron chi connectivity index (χ3n) is 3.68. The molecule has 0 bridgehead atoms. The molecule has 0 aromatic heterocycles. The Hall–Kier alpha value is -3.03. The van der Waals surface area contributed by atoms with E-state index in [2.05, 4.69) is 49.9 Å². The number of aliphatic imine (C=N–C) groups is 1. The number of nitrogens with one attached hydrogen (secondary N) is 2. The van der Waals surface area contributed by atoms with Crippen LogP contribution < -0.4 is 21.3 Å². The summed E-state index contributed by atoms with van der Waals surface area (Å²) >= 11 is 0. The highest BCUT2D eigenvalue weighted by Crippen LogP contribution is 2.16. The Morgan fingerprint density at radius 1 is 1.14 bits per heavy atom. The molecular weight excluding hydrogens is 370 g/mol. The molecule has 0 saturated carbocycles. The fraction of sp³-hybridized carbons (Fsp3) is 0.476. The number of carbonyl (C=O) groups is 2. The van der Waals surface area contributed by atoms with Crippen molar-refractivity contribution >= 4 is 23.6 Å². The normalized spacial score (nSPS) is 10.4. The average molecular weight is 404 g/mol. The van der Waals surface area contributed by atoms with Gasteiger partial charge in [-0.3, -0.25) is 4.90 Å². The molecule has 0 heterocycles. The molecule has 0 saturated heterocycles. The molecule has 0 aliphatic heterocycles. The van der Waals surface area contributed by atoms with E-state index in [1.165, 1.54) is 4.90 Å². The number of esters is 1. The second-order valence-electron chi connectivity index (χ2n) is 7.34. The molecular formula is C21H33N5O3. The first-order valence-corrected chi connectivity index (χ1v) is 9.66. The van der Waals surface area contributed by atoms with Crippen LogP contribution in [0.3, 0.4) is 0 Å². The van der Waals surface area contributed by atoms with Crippen LogP contribution in [0.25, 0.3) is 0 Å². The summed E-state index contributed by atoms with van der Waals surface area (Å²) in [5.41, 5.74) is 7.38. The molecule has 0 unspecified atom stereocenters. The number of urea groups is 1. The van der Waals surface area contributed by atoms with Gasteiger partial charge in [-0.15, -0.1) is 0 Å². The van der Waals surface area contributed by atoms with E-state index >= 15 is 0 Å². The van der Waals surface area contributed by atoms with Crippen LogP contribution in [0, 0.1) is 0 Å². The minimum absolute atomic E-state index is 0.0335. The molecule has 1 aromatic carbocycles. The van der Waals surface area contributed by atoms with E-state index < -0.39 is 12.0 Å². The lowest BCUT2D eigenvalue weighted by molar-refractivity contribution is -0.138. The first-order valence-electron chi connectivity index (χ1n) is 9.66. The molecule has 0 fully saturated rings. The Balaban J connectivity index is 2.78. The molecule has 8 heteroatoms. The number of guanidine groups is 1. The van der Waals surface area contributed by atoms with E-state index in [4.69, 9.17) is 10.5 Å². The molecule has 1 aromatic rings. The number of rotatable bonds is 9. The van der Waals surface area contributed by atoms with Gasteiger partial charge in [0.15, 0.2) is 5.96 Å². The van der Waals surface area contributed by atoms with Crippen LogP contribution >= 0.6 is 0 Å². The van der Waals surface area contributed by atoms with Crippen LogP contribution in [0.4, 0.5) is 10.5 Å². The van der Waals surface area contributed by atoms with Crippen LogP contribution in [0.5, 0.6) is 0 Å². The van der Waals surface area contributed by atoms with Gasteiger partial charge in [0, 0.05) is 23.3 Å². The van der Waals surface area contributed by atoms with Crippen molar-refractivity contribution in [3.63, 3.8) is 0 Å². The molecule has 0 atom stereocenters. The lowest BCUT2D eigenvalue weighted by atomic mass is 10.2. The van der Waals surface area contributed by atoms with Crippen molar-refractivity contribution in [2.75, 3.05) is 18.1 Å². The van der Waals surface area contributed by atoms with E-state index in [1.807, 2.05) is 12.1 Å². The van der Waals surface area contributed by atoms with Crippen LogP contribution in [0.15, 0.2) is 41.4 Å². The summed E-state index contributed by atoms with van der Waals surface area (Å²) in [4.78, 5) is 29.2. The topological polar surface area (TPSA) is 109 Å². The quantitative estimate of drug-likeness (QED) is 0.254. The van der Waals surface area contributed by atoms with E-state index in [0.717, 1.165) is 11.5 Å². The number of nitrogens with zero attached hydrogens (tertiary/aromatic N) is 2. The molecule has 1 rings (SSSR count). The minimum atomic E-state index is -0.619. The van der Waals surface area contributed by atoms with Gasteiger partial charge in [0.2, 0.25) is 0 Å². The largest absolute Gasteiger partial charge is 0.460 e. The molecule has 0 spiro atoms. The Bertz CT molecular complexity index is 714. The van der Waals surface area contributed by atoms with Gasteiger partial charge in [0.05, 0.1) is 13.1 Å². The van der Waals surface area contributed by atoms with E-state index in [-0.39, 0.29) is 25.2 Å². The van der Waals surface area contributed by atoms with E-state index in [9.17, 15) is 9.59 Å². The maximum atomic E-state index is 11.8. The van der Waals surface area contributed by atoms with Crippen LogP contribution in [-0.2, 0) is 16.1 Å². The van der Waals surface area contributed by atoms with Crippen molar-refractivity contribution in [3.8, 4) is 0 Å². The monoisotopic (exact) mass is 403 g/mol. The lowest BCUT2D eigenvalue weighted by Gasteiger charge is -2.20. The average Bonchev–Trinajstić information content (AvgIpc) is 2.62. The van der Waals surface area contributed by atoms with Crippen molar-refractivity contribution in [3.05, 3.63) is 42.0 Å². The van der Waals surface area contributed by atoms with Crippen molar-refractivity contribution in [1.29, 1.82) is 0 Å². The minimum Gasteiger partial charge on any atom is -0.460 e. The van der Waals surface area contributed by atoms with E-state index in [0.29, 0.717) is 17.8 Å². The SMILES string of the molecule is C=C(C)C(=O)OCCN(C(N)=O)c1ccc(CN=C(NC(C)C)NC(C)C)cc1. The fourth-order valence-electron chi connectivity index (χ4n) is 2.35. The Kier molecular flexibility index (Phi) is 9.71. The number of ether oxygens (including phenoxy) is 1. The summed E-state index contributed by atoms with van der Waals surface area (Å²) in [5.74, 6) is 0.251. The van der Waals surface area contributed by atoms with Gasteiger partial charge in [-0.2, -0.15) is 0 Å². The van der Waals surface area contributed by atoms with Crippen molar-refractivity contribution in [1.82, 2.24) is 10.6 Å². The predicted molar refractivity (Wildman–Crippen MR) is 117 cm³/mol. The number of nitrogens with two attached hydrogens (primary N) is 1. The summed E-state index contributed by atoms with van der Waals surface area (Å²) in [6.07, 6.45) is 0. The van der Waals surface area contributed by atoms with Crippen LogP contribution in [-0.4, -0.2) is 43.2 Å². The number of anilines is 1. The third-order valence-corrected chi connectivity index (χ3v) is 3.68. The number of primary amides is 1. The predicted octanol–water partition coefficient (Wildman–Crippen LogP) is 2.54. The lowest BCUT2D eigenvalue weighted by Crippen LogP contribution is -2.44. The van der Waals surface area contributed by atoms with E-state index in [1.54, 1.807) is 19.1 Å². The maximum Gasteiger partial charge on any atom is 0.333 e. The van der Waals surface area contributed by atoms with Gasteiger partial charge in [0.1, 0.15) is 6.61 Å². The molecule has 160 valence electrons. The van der Waals surface area contributed by atoms with Gasteiger partial charge in [-0.05, 0) is 52.3 Å². The van der Waals surface area contributed by atoms with Gasteiger partial charge < -0.3 is 21.1 Å². The molecule has 2 amide bonds. The van der Waals surface area contributed by atoms with Gasteiger partial charge in [-0.1, -0.05) is 18.7 Å². The zero-order chi connectivity index (χ0) is 22.0. The maximum absolute atomic E-state index is 11.8. The summed E-state index contributed by atoms with van der Waals surface area (Å²) in [6, 6.07) is 7.28. The molecule has 29 heavy (non-hydrogen) atoms. The summed E-state index contributed by atoms with van der Waals surface area (Å²) < 4.78 is 5.04. The number of hydrogen-bond acceptors (Lipinski definition) is 4. The van der Waals surface area contributed by atoms with Crippen molar-refractivity contribution in [2.24, 2.45) is 10.7 Å². The highest BCUT2D eigenvalue weighted by atomic mass is 16.5. The standard InChI is InChI=1S/C21H33N5O3/c1-14(2)19(27)29-12-11-26(20(22)28)18-9-7-17(8-10-18)13-23-21(24-15(3)4)25-16(5)6/h7-10,15-16H,1,11-13H2,2-6H3,(H2,22,28)(H2,23,24,25). The molecule has 0 radical (unpaired) electrons. The van der Waals surface area contributed by atoms with Gasteiger partial charge in [-0.25, -0.2) is 14.6 Å². The Morgan fingerprint density at radius 3 is 2.14 bits per heavy atom. The molecule has 0 aliphatic carbocycles. The number of benzene rings is 1. The van der Waals surface area contributed by atoms with Gasteiger partial charge in [0.25, 0.3) is 0 Å². The molecule has 0 aliphatic rings. The first kappa shape index (κ1) is 24.0. The first-order chi connectivity index (χ1) is 13.6.